The Labute approximate surface area is 93.6 Å². The minimum absolute atomic E-state index is 0.820. The van der Waals surface area contributed by atoms with E-state index in [1.165, 1.54) is 23.1 Å². The van der Waals surface area contributed by atoms with Gasteiger partial charge in [0, 0.05) is 17.6 Å². The number of H-pyrrole nitrogens is 1. The Balaban J connectivity index is 2.28. The fourth-order valence-electron chi connectivity index (χ4n) is 2.31. The predicted molar refractivity (Wildman–Crippen MR) is 63.3 cm³/mol. The van der Waals surface area contributed by atoms with Gasteiger partial charge in [-0.1, -0.05) is 23.7 Å². The lowest BCUT2D eigenvalue weighted by molar-refractivity contribution is 0.680. The summed E-state index contributed by atoms with van der Waals surface area (Å²) in [7, 11) is 0. The average Bonchev–Trinajstić information content (AvgIpc) is 2.45. The van der Waals surface area contributed by atoms with Crippen molar-refractivity contribution in [2.24, 2.45) is 0 Å². The number of hydrogen-bond donors (Lipinski definition) is 2. The van der Waals surface area contributed by atoms with Crippen molar-refractivity contribution in [1.82, 2.24) is 10.3 Å². The molecule has 1 aromatic heterocycles. The van der Waals surface area contributed by atoms with E-state index >= 15 is 0 Å². The summed E-state index contributed by atoms with van der Waals surface area (Å²) in [5.74, 6) is 0. The average molecular weight is 221 g/mol. The highest BCUT2D eigenvalue weighted by molar-refractivity contribution is 6.35. The van der Waals surface area contributed by atoms with Crippen LogP contribution in [0, 0.1) is 0 Å². The summed E-state index contributed by atoms with van der Waals surface area (Å²) in [6.45, 7) is 2.06. The summed E-state index contributed by atoms with van der Waals surface area (Å²) in [6, 6.07) is 6.10. The Bertz CT molecular complexity index is 502. The zero-order valence-corrected chi connectivity index (χ0v) is 9.19. The number of halogens is 1. The minimum Gasteiger partial charge on any atom is -0.357 e. The molecule has 0 fully saturated rings. The first-order valence-corrected chi connectivity index (χ1v) is 5.73. The first-order valence-electron chi connectivity index (χ1n) is 5.35. The maximum atomic E-state index is 6.17. The molecule has 0 unspecified atom stereocenters. The van der Waals surface area contributed by atoms with Crippen LogP contribution in [0.1, 0.15) is 17.7 Å². The van der Waals surface area contributed by atoms with E-state index in [0.29, 0.717) is 0 Å². The molecule has 0 atom stereocenters. The number of rotatable bonds is 0. The summed E-state index contributed by atoms with van der Waals surface area (Å²) in [5, 5.41) is 5.53. The molecule has 1 aromatic carbocycles. The number of para-hydroxylation sites is 1. The van der Waals surface area contributed by atoms with Crippen molar-refractivity contribution < 1.29 is 0 Å². The van der Waals surface area contributed by atoms with Crippen LogP contribution in [0.2, 0.25) is 5.02 Å². The van der Waals surface area contributed by atoms with Crippen LogP contribution in [-0.4, -0.2) is 11.5 Å². The molecule has 2 heterocycles. The third-order valence-electron chi connectivity index (χ3n) is 3.06. The van der Waals surface area contributed by atoms with E-state index in [9.17, 15) is 0 Å². The van der Waals surface area contributed by atoms with Gasteiger partial charge in [-0.15, -0.1) is 0 Å². The summed E-state index contributed by atoms with van der Waals surface area (Å²) in [4.78, 5) is 3.45. The van der Waals surface area contributed by atoms with Crippen molar-refractivity contribution in [3.63, 3.8) is 0 Å². The van der Waals surface area contributed by atoms with E-state index < -0.39 is 0 Å². The molecular weight excluding hydrogens is 208 g/mol. The van der Waals surface area contributed by atoms with Crippen LogP contribution >= 0.6 is 11.6 Å². The molecule has 0 saturated carbocycles. The number of fused-ring (bicyclic) bond motifs is 3. The molecule has 1 aliphatic heterocycles. The number of nitrogens with one attached hydrogen (secondary N) is 2. The molecule has 1 aliphatic rings. The molecule has 3 heteroatoms. The van der Waals surface area contributed by atoms with Crippen LogP contribution in [0.5, 0.6) is 0 Å². The fourth-order valence-corrected chi connectivity index (χ4v) is 2.53. The van der Waals surface area contributed by atoms with E-state index in [1.54, 1.807) is 0 Å². The molecule has 78 valence electrons. The Morgan fingerprint density at radius 1 is 1.27 bits per heavy atom. The summed E-state index contributed by atoms with van der Waals surface area (Å²) < 4.78 is 0. The van der Waals surface area contributed by atoms with Crippen LogP contribution in [-0.2, 0) is 13.0 Å². The van der Waals surface area contributed by atoms with E-state index in [-0.39, 0.29) is 0 Å². The molecule has 0 saturated heterocycles. The lowest BCUT2D eigenvalue weighted by Gasteiger charge is -1.99. The highest BCUT2D eigenvalue weighted by atomic mass is 35.5. The van der Waals surface area contributed by atoms with Crippen LogP contribution in [0.4, 0.5) is 0 Å². The Morgan fingerprint density at radius 3 is 3.13 bits per heavy atom. The third-order valence-corrected chi connectivity index (χ3v) is 3.38. The van der Waals surface area contributed by atoms with Crippen molar-refractivity contribution in [3.8, 4) is 0 Å². The highest BCUT2D eigenvalue weighted by Crippen LogP contribution is 2.29. The number of aryl methyl sites for hydroxylation is 1. The van der Waals surface area contributed by atoms with E-state index in [1.807, 2.05) is 12.1 Å². The van der Waals surface area contributed by atoms with Crippen molar-refractivity contribution in [3.05, 3.63) is 34.5 Å². The largest absolute Gasteiger partial charge is 0.357 e. The molecule has 0 radical (unpaired) electrons. The number of hydrogen-bond acceptors (Lipinski definition) is 1. The molecular formula is C12H13ClN2. The Hall–Kier alpha value is -0.990. The number of aromatic amines is 1. The Morgan fingerprint density at radius 2 is 2.20 bits per heavy atom. The van der Waals surface area contributed by atoms with Gasteiger partial charge in [0.25, 0.3) is 0 Å². The molecule has 0 aliphatic carbocycles. The van der Waals surface area contributed by atoms with Crippen LogP contribution < -0.4 is 5.32 Å². The molecule has 0 spiro atoms. The van der Waals surface area contributed by atoms with Gasteiger partial charge in [-0.25, -0.2) is 0 Å². The van der Waals surface area contributed by atoms with Gasteiger partial charge in [-0.05, 0) is 31.0 Å². The van der Waals surface area contributed by atoms with Crippen LogP contribution in [0.3, 0.4) is 0 Å². The van der Waals surface area contributed by atoms with Crippen molar-refractivity contribution in [1.29, 1.82) is 0 Å². The second-order valence-electron chi connectivity index (χ2n) is 4.02. The Kier molecular flexibility index (Phi) is 2.19. The minimum atomic E-state index is 0.820. The molecule has 15 heavy (non-hydrogen) atoms. The van der Waals surface area contributed by atoms with Gasteiger partial charge in [-0.2, -0.15) is 0 Å². The quantitative estimate of drug-likeness (QED) is 0.702. The summed E-state index contributed by atoms with van der Waals surface area (Å²) >= 11 is 6.17. The summed E-state index contributed by atoms with van der Waals surface area (Å²) in [5.41, 5.74) is 3.83. The van der Waals surface area contributed by atoms with Gasteiger partial charge < -0.3 is 10.3 Å². The zero-order chi connectivity index (χ0) is 10.3. The summed E-state index contributed by atoms with van der Waals surface area (Å²) in [6.07, 6.45) is 2.31. The van der Waals surface area contributed by atoms with Gasteiger partial charge in [0.15, 0.2) is 0 Å². The van der Waals surface area contributed by atoms with Crippen molar-refractivity contribution in [2.45, 2.75) is 19.4 Å². The predicted octanol–water partition coefficient (Wildman–Crippen LogP) is 2.86. The monoisotopic (exact) mass is 220 g/mol. The lowest BCUT2D eigenvalue weighted by Crippen LogP contribution is -2.11. The van der Waals surface area contributed by atoms with Crippen LogP contribution in [0.15, 0.2) is 18.2 Å². The zero-order valence-electron chi connectivity index (χ0n) is 8.44. The topological polar surface area (TPSA) is 27.8 Å². The number of aromatic nitrogens is 1. The molecule has 2 nitrogen and oxygen atoms in total. The second kappa shape index (κ2) is 3.54. The highest BCUT2D eigenvalue weighted by Gasteiger charge is 2.14. The van der Waals surface area contributed by atoms with E-state index in [0.717, 1.165) is 30.0 Å². The van der Waals surface area contributed by atoms with Gasteiger partial charge >= 0.3 is 0 Å². The smallest absolute Gasteiger partial charge is 0.0648 e. The van der Waals surface area contributed by atoms with E-state index in [2.05, 4.69) is 16.4 Å². The van der Waals surface area contributed by atoms with E-state index in [4.69, 9.17) is 11.6 Å². The van der Waals surface area contributed by atoms with Gasteiger partial charge in [0.2, 0.25) is 0 Å². The second-order valence-corrected chi connectivity index (χ2v) is 4.43. The van der Waals surface area contributed by atoms with Gasteiger partial charge in [0.1, 0.15) is 0 Å². The molecule has 0 amide bonds. The fraction of sp³-hybridized carbons (Fsp3) is 0.333. The van der Waals surface area contributed by atoms with Gasteiger partial charge in [-0.3, -0.25) is 0 Å². The number of benzene rings is 1. The lowest BCUT2D eigenvalue weighted by atomic mass is 10.1. The normalized spacial score (nSPS) is 16.3. The van der Waals surface area contributed by atoms with Crippen molar-refractivity contribution >= 4 is 22.5 Å². The molecule has 2 N–H and O–H groups in total. The van der Waals surface area contributed by atoms with Gasteiger partial charge in [0.05, 0.1) is 10.5 Å². The SMILES string of the molecule is Clc1cccc2c3c([nH]c12)CCCNC3. The molecule has 3 rings (SSSR count). The molecule has 0 bridgehead atoms. The van der Waals surface area contributed by atoms with Crippen LogP contribution in [0.25, 0.3) is 10.9 Å². The first kappa shape index (κ1) is 9.25. The first-order chi connectivity index (χ1) is 7.36. The maximum absolute atomic E-state index is 6.17. The van der Waals surface area contributed by atoms with Crippen molar-refractivity contribution in [2.75, 3.05) is 6.54 Å². The standard InChI is InChI=1S/C12H13ClN2/c13-10-4-1-3-8-9-7-14-6-2-5-11(9)15-12(8)10/h1,3-4,14-15H,2,5-7H2. The molecule has 2 aromatic rings. The maximum Gasteiger partial charge on any atom is 0.0648 e. The third kappa shape index (κ3) is 1.45.